The van der Waals surface area contributed by atoms with Crippen LogP contribution in [0.4, 0.5) is 0 Å². The largest absolute Gasteiger partial charge is 0.370 e. The van der Waals surface area contributed by atoms with Gasteiger partial charge in [0.1, 0.15) is 5.65 Å². The van der Waals surface area contributed by atoms with Crippen LogP contribution in [0.2, 0.25) is 0 Å². The fraction of sp³-hybridized carbons (Fsp3) is 0.467. The number of carbonyl (C=O) groups excluding carboxylic acids is 1. The lowest BCUT2D eigenvalue weighted by Gasteiger charge is -2.19. The molecular formula is C15H18N2O2. The third-order valence-corrected chi connectivity index (χ3v) is 3.75. The maximum Gasteiger partial charge on any atom is 0.152 e. The maximum absolute atomic E-state index is 11.1. The number of hydrogen-bond acceptors (Lipinski definition) is 3. The van der Waals surface area contributed by atoms with Gasteiger partial charge in [0, 0.05) is 23.3 Å². The molecule has 0 bridgehead atoms. The first-order valence-electron chi connectivity index (χ1n) is 6.66. The van der Waals surface area contributed by atoms with Crippen molar-refractivity contribution in [2.45, 2.75) is 44.9 Å². The predicted octanol–water partition coefficient (Wildman–Crippen LogP) is 2.81. The lowest BCUT2D eigenvalue weighted by atomic mass is 10.1. The van der Waals surface area contributed by atoms with Crippen LogP contribution in [0.1, 0.15) is 37.0 Å². The van der Waals surface area contributed by atoms with Gasteiger partial charge in [-0.25, -0.2) is 4.98 Å². The second kappa shape index (κ2) is 4.46. The van der Waals surface area contributed by atoms with E-state index in [0.717, 1.165) is 36.7 Å². The Balaban J connectivity index is 1.91. The van der Waals surface area contributed by atoms with Crippen LogP contribution in [-0.4, -0.2) is 27.5 Å². The van der Waals surface area contributed by atoms with E-state index in [1.54, 1.807) is 6.20 Å². The van der Waals surface area contributed by atoms with E-state index in [1.807, 2.05) is 22.9 Å². The minimum absolute atomic E-state index is 0.0332. The summed E-state index contributed by atoms with van der Waals surface area (Å²) in [5.41, 5.74) is 1.52. The molecule has 1 aliphatic rings. The summed E-state index contributed by atoms with van der Waals surface area (Å²) in [5, 5.41) is 0.912. The van der Waals surface area contributed by atoms with E-state index in [2.05, 4.69) is 18.8 Å². The molecule has 3 rings (SSSR count). The molecule has 1 unspecified atom stereocenters. The Hall–Kier alpha value is -1.68. The van der Waals surface area contributed by atoms with E-state index < -0.39 is 0 Å². The van der Waals surface area contributed by atoms with Crippen molar-refractivity contribution in [2.24, 2.45) is 0 Å². The Morgan fingerprint density at radius 2 is 2.42 bits per heavy atom. The molecule has 2 aromatic rings. The van der Waals surface area contributed by atoms with E-state index >= 15 is 0 Å². The number of hydrogen-bond donors (Lipinski definition) is 0. The Morgan fingerprint density at radius 1 is 1.58 bits per heavy atom. The van der Waals surface area contributed by atoms with E-state index in [1.165, 1.54) is 0 Å². The van der Waals surface area contributed by atoms with Crippen molar-refractivity contribution >= 4 is 17.3 Å². The molecule has 0 N–H and O–H groups in total. The molecule has 4 heteroatoms. The molecule has 100 valence electrons. The molecule has 0 saturated carbocycles. The van der Waals surface area contributed by atoms with Gasteiger partial charge in [-0.1, -0.05) is 0 Å². The smallest absolute Gasteiger partial charge is 0.152 e. The van der Waals surface area contributed by atoms with Crippen LogP contribution in [0, 0.1) is 0 Å². The Labute approximate surface area is 112 Å². The van der Waals surface area contributed by atoms with Crippen LogP contribution in [0.3, 0.4) is 0 Å². The molecule has 4 nitrogen and oxygen atoms in total. The highest BCUT2D eigenvalue weighted by Gasteiger charge is 2.32. The van der Waals surface area contributed by atoms with Crippen LogP contribution in [0.5, 0.6) is 0 Å². The second-order valence-electron chi connectivity index (χ2n) is 5.77. The van der Waals surface area contributed by atoms with Gasteiger partial charge in [-0.15, -0.1) is 0 Å². The van der Waals surface area contributed by atoms with Crippen molar-refractivity contribution in [3.63, 3.8) is 0 Å². The van der Waals surface area contributed by atoms with Gasteiger partial charge in [-0.3, -0.25) is 4.79 Å². The standard InChI is InChI=1S/C15H18N2O2/c1-15(2)6-5-12(19-15)9-17-8-11(10-18)13-4-3-7-16-14(13)17/h3-4,7-8,10,12H,5-6,9H2,1-2H3. The molecule has 0 radical (unpaired) electrons. The lowest BCUT2D eigenvalue weighted by molar-refractivity contribution is -0.0212. The summed E-state index contributed by atoms with van der Waals surface area (Å²) in [6, 6.07) is 3.79. The van der Waals surface area contributed by atoms with Crippen molar-refractivity contribution in [3.05, 3.63) is 30.1 Å². The zero-order chi connectivity index (χ0) is 13.5. The summed E-state index contributed by atoms with van der Waals surface area (Å²) in [4.78, 5) is 15.5. The van der Waals surface area contributed by atoms with Crippen LogP contribution in [0.25, 0.3) is 11.0 Å². The topological polar surface area (TPSA) is 44.1 Å². The van der Waals surface area contributed by atoms with E-state index in [9.17, 15) is 4.79 Å². The molecule has 1 saturated heterocycles. The number of fused-ring (bicyclic) bond motifs is 1. The van der Waals surface area contributed by atoms with Gasteiger partial charge in [0.25, 0.3) is 0 Å². The van der Waals surface area contributed by atoms with Crippen LogP contribution >= 0.6 is 0 Å². The highest BCUT2D eigenvalue weighted by Crippen LogP contribution is 2.31. The number of pyridine rings is 1. The van der Waals surface area contributed by atoms with E-state index in [-0.39, 0.29) is 11.7 Å². The summed E-state index contributed by atoms with van der Waals surface area (Å²) in [7, 11) is 0. The molecule has 1 atom stereocenters. The highest BCUT2D eigenvalue weighted by molar-refractivity contribution is 5.95. The molecular weight excluding hydrogens is 240 g/mol. The summed E-state index contributed by atoms with van der Waals surface area (Å²) in [5.74, 6) is 0. The SMILES string of the molecule is CC1(C)CCC(Cn2cc(C=O)c3cccnc32)O1. The maximum atomic E-state index is 11.1. The molecule has 0 aromatic carbocycles. The number of aromatic nitrogens is 2. The van der Waals surface area contributed by atoms with Gasteiger partial charge in [0.2, 0.25) is 0 Å². The molecule has 19 heavy (non-hydrogen) atoms. The van der Waals surface area contributed by atoms with Gasteiger partial charge in [-0.2, -0.15) is 0 Å². The molecule has 0 amide bonds. The number of carbonyl (C=O) groups is 1. The normalized spacial score (nSPS) is 21.9. The number of aldehydes is 1. The molecule has 0 spiro atoms. The van der Waals surface area contributed by atoms with Crippen molar-refractivity contribution in [3.8, 4) is 0 Å². The summed E-state index contributed by atoms with van der Waals surface area (Å²) in [6.07, 6.45) is 6.85. The number of ether oxygens (including phenoxy) is 1. The lowest BCUT2D eigenvalue weighted by Crippen LogP contribution is -2.22. The van der Waals surface area contributed by atoms with E-state index in [4.69, 9.17) is 4.74 Å². The third-order valence-electron chi connectivity index (χ3n) is 3.75. The fourth-order valence-corrected chi connectivity index (χ4v) is 2.81. The number of nitrogens with zero attached hydrogens (tertiary/aromatic N) is 2. The Morgan fingerprint density at radius 3 is 3.11 bits per heavy atom. The first-order valence-corrected chi connectivity index (χ1v) is 6.66. The second-order valence-corrected chi connectivity index (χ2v) is 5.77. The van der Waals surface area contributed by atoms with Crippen LogP contribution in [0.15, 0.2) is 24.5 Å². The summed E-state index contributed by atoms with van der Waals surface area (Å²) in [6.45, 7) is 5.00. The van der Waals surface area contributed by atoms with Gasteiger partial charge in [-0.05, 0) is 38.8 Å². The quantitative estimate of drug-likeness (QED) is 0.795. The number of rotatable bonds is 3. The average molecular weight is 258 g/mol. The molecule has 0 aliphatic carbocycles. The minimum atomic E-state index is -0.0332. The van der Waals surface area contributed by atoms with Crippen LogP contribution < -0.4 is 0 Å². The van der Waals surface area contributed by atoms with Crippen molar-refractivity contribution in [1.29, 1.82) is 0 Å². The zero-order valence-electron chi connectivity index (χ0n) is 11.3. The first kappa shape index (κ1) is 12.4. The first-order chi connectivity index (χ1) is 9.09. The summed E-state index contributed by atoms with van der Waals surface area (Å²) >= 11 is 0. The Kier molecular flexibility index (Phi) is 2.90. The molecule has 1 aliphatic heterocycles. The van der Waals surface area contributed by atoms with E-state index in [0.29, 0.717) is 5.56 Å². The fourth-order valence-electron chi connectivity index (χ4n) is 2.81. The van der Waals surface area contributed by atoms with Crippen molar-refractivity contribution in [2.75, 3.05) is 0 Å². The molecule has 3 heterocycles. The van der Waals surface area contributed by atoms with Gasteiger partial charge >= 0.3 is 0 Å². The van der Waals surface area contributed by atoms with Crippen LogP contribution in [-0.2, 0) is 11.3 Å². The zero-order valence-corrected chi connectivity index (χ0v) is 11.3. The van der Waals surface area contributed by atoms with Crippen molar-refractivity contribution < 1.29 is 9.53 Å². The Bertz CT molecular complexity index is 616. The van der Waals surface area contributed by atoms with Gasteiger partial charge in [0.05, 0.1) is 18.2 Å². The highest BCUT2D eigenvalue weighted by atomic mass is 16.5. The van der Waals surface area contributed by atoms with Gasteiger partial charge in [0.15, 0.2) is 6.29 Å². The third kappa shape index (κ3) is 2.28. The predicted molar refractivity (Wildman–Crippen MR) is 73.3 cm³/mol. The monoisotopic (exact) mass is 258 g/mol. The summed E-state index contributed by atoms with van der Waals surface area (Å²) < 4.78 is 8.04. The molecule has 2 aromatic heterocycles. The van der Waals surface area contributed by atoms with Gasteiger partial charge < -0.3 is 9.30 Å². The van der Waals surface area contributed by atoms with Crippen molar-refractivity contribution in [1.82, 2.24) is 9.55 Å². The average Bonchev–Trinajstić information content (AvgIpc) is 2.91. The minimum Gasteiger partial charge on any atom is -0.370 e. The molecule has 1 fully saturated rings.